The number of carbonyl (C=O) groups excluding carboxylic acids is 2. The lowest BCUT2D eigenvalue weighted by Gasteiger charge is -2.32. The summed E-state index contributed by atoms with van der Waals surface area (Å²) in [6, 6.07) is 11.3. The van der Waals surface area contributed by atoms with Crippen molar-refractivity contribution in [3.8, 4) is 11.5 Å². The van der Waals surface area contributed by atoms with Crippen molar-refractivity contribution in [2.75, 3.05) is 33.6 Å². The summed E-state index contributed by atoms with van der Waals surface area (Å²) in [4.78, 5) is 28.1. The molecule has 5 rings (SSSR count). The minimum absolute atomic E-state index is 0.0109. The quantitative estimate of drug-likeness (QED) is 0.577. The van der Waals surface area contributed by atoms with Gasteiger partial charge in [-0.1, -0.05) is 24.6 Å². The average Bonchev–Trinajstić information content (AvgIpc) is 3.48. The smallest absolute Gasteiger partial charge is 0.262 e. The Morgan fingerprint density at radius 3 is 2.63 bits per heavy atom. The number of hydrazone groups is 1. The number of nitrogens with zero attached hydrogens (tertiary/aromatic N) is 3. The van der Waals surface area contributed by atoms with E-state index in [9.17, 15) is 14.0 Å². The molecule has 2 heterocycles. The molecule has 3 aliphatic rings. The van der Waals surface area contributed by atoms with Crippen molar-refractivity contribution in [1.29, 1.82) is 0 Å². The minimum atomic E-state index is -0.389. The van der Waals surface area contributed by atoms with Crippen LogP contribution in [0.4, 0.5) is 4.39 Å². The molecule has 0 N–H and O–H groups in total. The summed E-state index contributed by atoms with van der Waals surface area (Å²) in [5.41, 5.74) is 2.27. The second-order valence-corrected chi connectivity index (χ2v) is 9.00. The van der Waals surface area contributed by atoms with Crippen molar-refractivity contribution in [3.63, 3.8) is 0 Å². The molecule has 1 atom stereocenters. The maximum absolute atomic E-state index is 13.6. The zero-order chi connectivity index (χ0) is 24.4. The number of methoxy groups -OCH3 is 1. The van der Waals surface area contributed by atoms with Crippen LogP contribution in [0.1, 0.15) is 42.9 Å². The standard InChI is InChI=1S/C26H28FN3O5/c1-33-12-11-29(26(32)18-3-2-4-18)15-25(31)30-22(19-7-10-23-24(13-19)35-16-34-23)14-21(28-30)17-5-8-20(27)9-6-17/h5-10,13,18,22H,2-4,11-12,14-16H2,1H3/t22-/m1/s1. The highest BCUT2D eigenvalue weighted by molar-refractivity contribution is 6.03. The highest BCUT2D eigenvalue weighted by Crippen LogP contribution is 2.39. The first-order valence-electron chi connectivity index (χ1n) is 11.9. The SMILES string of the molecule is COCCN(CC(=O)N1N=C(c2ccc(F)cc2)C[C@@H]1c1ccc2c(c1)OCO2)C(=O)C1CCC1. The van der Waals surface area contributed by atoms with Gasteiger partial charge in [-0.05, 0) is 48.2 Å². The third-order valence-corrected chi connectivity index (χ3v) is 6.78. The Kier molecular flexibility index (Phi) is 6.68. The average molecular weight is 482 g/mol. The van der Waals surface area contributed by atoms with Crippen molar-refractivity contribution in [3.05, 3.63) is 59.4 Å². The number of hydrogen-bond donors (Lipinski definition) is 0. The van der Waals surface area contributed by atoms with Gasteiger partial charge in [-0.2, -0.15) is 5.10 Å². The van der Waals surface area contributed by atoms with Gasteiger partial charge in [0.05, 0.1) is 18.4 Å². The highest BCUT2D eigenvalue weighted by atomic mass is 19.1. The van der Waals surface area contributed by atoms with Crippen LogP contribution in [0.25, 0.3) is 0 Å². The molecule has 2 amide bonds. The molecule has 9 heteroatoms. The monoisotopic (exact) mass is 481 g/mol. The number of benzene rings is 2. The van der Waals surface area contributed by atoms with Crippen molar-refractivity contribution >= 4 is 17.5 Å². The van der Waals surface area contributed by atoms with E-state index >= 15 is 0 Å². The molecule has 2 aliphatic heterocycles. The molecule has 1 saturated carbocycles. The molecule has 0 unspecified atom stereocenters. The summed E-state index contributed by atoms with van der Waals surface area (Å²) >= 11 is 0. The van der Waals surface area contributed by atoms with E-state index in [1.54, 1.807) is 24.1 Å². The van der Waals surface area contributed by atoms with Crippen molar-refractivity contribution in [2.24, 2.45) is 11.0 Å². The van der Waals surface area contributed by atoms with Crippen LogP contribution >= 0.6 is 0 Å². The van der Waals surface area contributed by atoms with E-state index in [4.69, 9.17) is 14.2 Å². The fourth-order valence-corrected chi connectivity index (χ4v) is 4.55. The Balaban J connectivity index is 1.42. The van der Waals surface area contributed by atoms with Gasteiger partial charge < -0.3 is 19.1 Å². The first-order chi connectivity index (χ1) is 17.0. The molecular weight excluding hydrogens is 453 g/mol. The lowest BCUT2D eigenvalue weighted by Crippen LogP contribution is -2.46. The van der Waals surface area contributed by atoms with Crippen LogP contribution in [0, 0.1) is 11.7 Å². The first-order valence-corrected chi connectivity index (χ1v) is 11.9. The van der Waals surface area contributed by atoms with Crippen LogP contribution in [0.3, 0.4) is 0 Å². The number of halogens is 1. The van der Waals surface area contributed by atoms with Crippen molar-refractivity contribution < 1.29 is 28.2 Å². The van der Waals surface area contributed by atoms with E-state index in [-0.39, 0.29) is 42.9 Å². The number of hydrogen-bond acceptors (Lipinski definition) is 6. The molecule has 0 aromatic heterocycles. The third-order valence-electron chi connectivity index (χ3n) is 6.78. The van der Waals surface area contributed by atoms with Crippen LogP contribution < -0.4 is 9.47 Å². The van der Waals surface area contributed by atoms with Crippen molar-refractivity contribution in [2.45, 2.75) is 31.7 Å². The maximum Gasteiger partial charge on any atom is 0.262 e. The Labute approximate surface area is 203 Å². The summed E-state index contributed by atoms with van der Waals surface area (Å²) in [5.74, 6) is 0.613. The zero-order valence-electron chi connectivity index (χ0n) is 19.6. The Morgan fingerprint density at radius 2 is 1.91 bits per heavy atom. The normalized spacial score (nSPS) is 18.9. The molecule has 0 bridgehead atoms. The number of rotatable bonds is 8. The van der Waals surface area contributed by atoms with Gasteiger partial charge in [0, 0.05) is 26.0 Å². The first kappa shape index (κ1) is 23.3. The van der Waals surface area contributed by atoms with Gasteiger partial charge in [0.1, 0.15) is 12.4 Å². The van der Waals surface area contributed by atoms with E-state index in [0.29, 0.717) is 36.8 Å². The van der Waals surface area contributed by atoms with E-state index in [1.165, 1.54) is 17.1 Å². The summed E-state index contributed by atoms with van der Waals surface area (Å²) in [7, 11) is 1.57. The Bertz CT molecular complexity index is 1130. The predicted molar refractivity (Wildman–Crippen MR) is 126 cm³/mol. The van der Waals surface area contributed by atoms with Crippen LogP contribution in [-0.4, -0.2) is 61.0 Å². The molecule has 8 nitrogen and oxygen atoms in total. The molecule has 0 spiro atoms. The molecule has 0 saturated heterocycles. The summed E-state index contributed by atoms with van der Waals surface area (Å²) in [6.45, 7) is 0.761. The molecular formula is C26H28FN3O5. The fourth-order valence-electron chi connectivity index (χ4n) is 4.55. The molecule has 2 aromatic carbocycles. The van der Waals surface area contributed by atoms with Gasteiger partial charge in [-0.3, -0.25) is 9.59 Å². The van der Waals surface area contributed by atoms with Crippen LogP contribution in [0.2, 0.25) is 0 Å². The lowest BCUT2D eigenvalue weighted by atomic mass is 9.84. The second kappa shape index (κ2) is 10.0. The fraction of sp³-hybridized carbons (Fsp3) is 0.423. The Morgan fingerprint density at radius 1 is 1.14 bits per heavy atom. The summed E-state index contributed by atoms with van der Waals surface area (Å²) in [5, 5.41) is 6.10. The number of amides is 2. The molecule has 1 fully saturated rings. The lowest BCUT2D eigenvalue weighted by molar-refractivity contribution is -0.146. The third kappa shape index (κ3) is 4.86. The maximum atomic E-state index is 13.6. The van der Waals surface area contributed by atoms with E-state index in [0.717, 1.165) is 30.4 Å². The Hall–Kier alpha value is -3.46. The summed E-state index contributed by atoms with van der Waals surface area (Å²) < 4.78 is 29.6. The van der Waals surface area contributed by atoms with Gasteiger partial charge >= 0.3 is 0 Å². The van der Waals surface area contributed by atoms with Gasteiger partial charge in [0.25, 0.3) is 5.91 Å². The molecule has 2 aromatic rings. The van der Waals surface area contributed by atoms with E-state index in [2.05, 4.69) is 5.10 Å². The number of carbonyl (C=O) groups is 2. The van der Waals surface area contributed by atoms with Gasteiger partial charge in [0.2, 0.25) is 12.7 Å². The van der Waals surface area contributed by atoms with Gasteiger partial charge in [-0.25, -0.2) is 9.40 Å². The topological polar surface area (TPSA) is 80.7 Å². The molecule has 1 aliphatic carbocycles. The van der Waals surface area contributed by atoms with Gasteiger partial charge in [0.15, 0.2) is 11.5 Å². The van der Waals surface area contributed by atoms with E-state index in [1.807, 2.05) is 18.2 Å². The number of ether oxygens (including phenoxy) is 3. The highest BCUT2D eigenvalue weighted by Gasteiger charge is 2.36. The van der Waals surface area contributed by atoms with Crippen LogP contribution in [0.5, 0.6) is 11.5 Å². The molecule has 35 heavy (non-hydrogen) atoms. The molecule has 184 valence electrons. The predicted octanol–water partition coefficient (Wildman–Crippen LogP) is 3.51. The van der Waals surface area contributed by atoms with E-state index < -0.39 is 0 Å². The zero-order valence-corrected chi connectivity index (χ0v) is 19.6. The van der Waals surface area contributed by atoms with Crippen molar-refractivity contribution in [1.82, 2.24) is 9.91 Å². The van der Waals surface area contributed by atoms with Gasteiger partial charge in [-0.15, -0.1) is 0 Å². The summed E-state index contributed by atoms with van der Waals surface area (Å²) in [6.07, 6.45) is 3.19. The largest absolute Gasteiger partial charge is 0.454 e. The second-order valence-electron chi connectivity index (χ2n) is 9.00. The van der Waals surface area contributed by atoms with Crippen LogP contribution in [-0.2, 0) is 14.3 Å². The number of fused-ring (bicyclic) bond motifs is 1. The molecule has 0 radical (unpaired) electrons. The minimum Gasteiger partial charge on any atom is -0.454 e. The van der Waals surface area contributed by atoms with Crippen LogP contribution in [0.15, 0.2) is 47.6 Å².